The third-order valence-corrected chi connectivity index (χ3v) is 6.11. The molecule has 0 unspecified atom stereocenters. The van der Waals surface area contributed by atoms with Crippen LogP contribution in [-0.4, -0.2) is 41.5 Å². The van der Waals surface area contributed by atoms with Crippen LogP contribution in [0.4, 0.5) is 0 Å². The maximum Gasteiger partial charge on any atom is 0.226 e. The van der Waals surface area contributed by atoms with E-state index < -0.39 is 0 Å². The summed E-state index contributed by atoms with van der Waals surface area (Å²) in [6, 6.07) is 8.36. The maximum atomic E-state index is 12.4. The molecule has 0 radical (unpaired) electrons. The minimum absolute atomic E-state index is 0.0730. The number of aromatic nitrogens is 1. The van der Waals surface area contributed by atoms with Crippen LogP contribution in [-0.2, 0) is 11.2 Å². The molecule has 0 aliphatic carbocycles. The van der Waals surface area contributed by atoms with Gasteiger partial charge >= 0.3 is 0 Å². The molecule has 0 atom stereocenters. The summed E-state index contributed by atoms with van der Waals surface area (Å²) in [5, 5.41) is 6.12. The zero-order valence-corrected chi connectivity index (χ0v) is 18.3. The Bertz CT molecular complexity index is 805. The van der Waals surface area contributed by atoms with Crippen LogP contribution in [0.1, 0.15) is 32.4 Å². The zero-order chi connectivity index (χ0) is 19.2. The first-order valence-electron chi connectivity index (χ1n) is 9.35. The smallest absolute Gasteiger partial charge is 0.226 e. The summed E-state index contributed by atoms with van der Waals surface area (Å²) < 4.78 is 1.03. The molecule has 4 nitrogen and oxygen atoms in total. The number of nitrogens with one attached hydrogen (secondary N) is 1. The molecule has 6 heteroatoms. The summed E-state index contributed by atoms with van der Waals surface area (Å²) in [4.78, 5) is 19.5. The average molecular weight is 448 g/mol. The largest absolute Gasteiger partial charge is 0.353 e. The molecule has 0 saturated carbocycles. The number of carbonyl (C=O) groups excluding carboxylic acids is 1. The number of piperidine rings is 1. The number of hydrogen-bond acceptors (Lipinski definition) is 4. The lowest BCUT2D eigenvalue weighted by atomic mass is 10.0. The molecule has 1 amide bonds. The zero-order valence-electron chi connectivity index (χ0n) is 15.9. The van der Waals surface area contributed by atoms with Gasteiger partial charge in [-0.15, -0.1) is 11.3 Å². The minimum Gasteiger partial charge on any atom is -0.353 e. The second-order valence-corrected chi connectivity index (χ2v) is 9.03. The Hall–Kier alpha value is -1.50. The Labute approximate surface area is 173 Å². The third kappa shape index (κ3) is 6.26. The van der Waals surface area contributed by atoms with Gasteiger partial charge in [-0.3, -0.25) is 9.69 Å². The number of carbonyl (C=O) groups is 1. The first kappa shape index (κ1) is 20.2. The van der Waals surface area contributed by atoms with E-state index in [2.05, 4.69) is 51.1 Å². The van der Waals surface area contributed by atoms with Crippen LogP contribution in [0.15, 0.2) is 45.8 Å². The second-order valence-electron chi connectivity index (χ2n) is 7.25. The molecule has 1 fully saturated rings. The van der Waals surface area contributed by atoms with Crippen molar-refractivity contribution in [3.8, 4) is 10.6 Å². The Morgan fingerprint density at radius 3 is 2.85 bits per heavy atom. The molecule has 27 heavy (non-hydrogen) atoms. The summed E-state index contributed by atoms with van der Waals surface area (Å²) in [5.74, 6) is 0.0730. The van der Waals surface area contributed by atoms with Gasteiger partial charge < -0.3 is 5.32 Å². The van der Waals surface area contributed by atoms with E-state index in [9.17, 15) is 4.79 Å². The molecular formula is C21H26BrN3OS. The highest BCUT2D eigenvalue weighted by atomic mass is 79.9. The van der Waals surface area contributed by atoms with Crippen LogP contribution in [0.2, 0.25) is 0 Å². The predicted octanol–water partition coefficient (Wildman–Crippen LogP) is 4.66. The Balaban J connectivity index is 1.47. The number of hydrogen-bond donors (Lipinski definition) is 1. The topological polar surface area (TPSA) is 45.2 Å². The van der Waals surface area contributed by atoms with E-state index in [4.69, 9.17) is 0 Å². The van der Waals surface area contributed by atoms with Gasteiger partial charge in [0, 0.05) is 41.1 Å². The third-order valence-electron chi connectivity index (χ3n) is 4.68. The highest BCUT2D eigenvalue weighted by Crippen LogP contribution is 2.26. The highest BCUT2D eigenvalue weighted by Gasteiger charge is 2.20. The van der Waals surface area contributed by atoms with E-state index in [-0.39, 0.29) is 11.9 Å². The van der Waals surface area contributed by atoms with Crippen molar-refractivity contribution in [3.63, 3.8) is 0 Å². The molecule has 0 spiro atoms. The number of amides is 1. The monoisotopic (exact) mass is 447 g/mol. The van der Waals surface area contributed by atoms with Crippen molar-refractivity contribution in [2.45, 2.75) is 39.2 Å². The number of benzene rings is 1. The molecule has 0 bridgehead atoms. The molecule has 1 saturated heterocycles. The van der Waals surface area contributed by atoms with Crippen molar-refractivity contribution < 1.29 is 4.79 Å². The van der Waals surface area contributed by atoms with Gasteiger partial charge in [0.15, 0.2) is 0 Å². The quantitative estimate of drug-likeness (QED) is 0.654. The van der Waals surface area contributed by atoms with Crippen molar-refractivity contribution in [1.82, 2.24) is 15.2 Å². The normalized spacial score (nSPS) is 15.5. The first-order valence-corrected chi connectivity index (χ1v) is 11.0. The summed E-state index contributed by atoms with van der Waals surface area (Å²) in [6.07, 6.45) is 4.65. The summed E-state index contributed by atoms with van der Waals surface area (Å²) >= 11 is 5.07. The predicted molar refractivity (Wildman–Crippen MR) is 116 cm³/mol. The number of allylic oxidation sites excluding steroid dienone is 1. The van der Waals surface area contributed by atoms with Crippen molar-refractivity contribution in [2.75, 3.05) is 19.6 Å². The number of nitrogens with zero attached hydrogens (tertiary/aromatic N) is 2. The summed E-state index contributed by atoms with van der Waals surface area (Å²) in [6.45, 7) is 7.36. The van der Waals surface area contributed by atoms with E-state index in [0.29, 0.717) is 6.42 Å². The lowest BCUT2D eigenvalue weighted by Crippen LogP contribution is -2.45. The molecule has 3 rings (SSSR count). The minimum atomic E-state index is 0.0730. The number of halogens is 1. The highest BCUT2D eigenvalue weighted by molar-refractivity contribution is 9.10. The van der Waals surface area contributed by atoms with Crippen molar-refractivity contribution >= 4 is 33.2 Å². The van der Waals surface area contributed by atoms with Crippen molar-refractivity contribution in [2.24, 2.45) is 0 Å². The summed E-state index contributed by atoms with van der Waals surface area (Å²) in [7, 11) is 0. The number of rotatable bonds is 6. The van der Waals surface area contributed by atoms with Crippen LogP contribution >= 0.6 is 27.3 Å². The number of likely N-dealkylation sites (tertiary alicyclic amines) is 1. The molecule has 2 aromatic rings. The lowest BCUT2D eigenvalue weighted by molar-refractivity contribution is -0.121. The fraction of sp³-hybridized carbons (Fsp3) is 0.429. The Morgan fingerprint density at radius 2 is 2.15 bits per heavy atom. The van der Waals surface area contributed by atoms with E-state index in [1.54, 1.807) is 11.3 Å². The molecule has 1 aromatic carbocycles. The SMILES string of the molecule is CC(C)=CCN1CCC(NC(=O)Cc2csc(-c3cccc(Br)c3)n2)CC1. The van der Waals surface area contributed by atoms with Gasteiger partial charge in [-0.25, -0.2) is 4.98 Å². The standard InChI is InChI=1S/C21H26BrN3OS/c1-15(2)6-9-25-10-7-18(8-11-25)23-20(26)13-19-14-27-21(24-19)16-4-3-5-17(22)12-16/h3-6,12,14,18H,7-11,13H2,1-2H3,(H,23,26). The van der Waals surface area contributed by atoms with Gasteiger partial charge in [-0.1, -0.05) is 39.7 Å². The van der Waals surface area contributed by atoms with Crippen LogP contribution < -0.4 is 5.32 Å². The van der Waals surface area contributed by atoms with E-state index in [1.807, 2.05) is 29.6 Å². The van der Waals surface area contributed by atoms with Crippen LogP contribution in [0.25, 0.3) is 10.6 Å². The molecule has 1 aliphatic heterocycles. The molecule has 1 N–H and O–H groups in total. The summed E-state index contributed by atoms with van der Waals surface area (Å²) in [5.41, 5.74) is 3.27. The van der Waals surface area contributed by atoms with Gasteiger partial charge in [-0.05, 0) is 38.8 Å². The molecule has 144 valence electrons. The van der Waals surface area contributed by atoms with Crippen LogP contribution in [0, 0.1) is 0 Å². The molecule has 1 aliphatic rings. The van der Waals surface area contributed by atoms with E-state index in [0.717, 1.165) is 53.2 Å². The molecule has 2 heterocycles. The van der Waals surface area contributed by atoms with Crippen molar-refractivity contribution in [3.05, 3.63) is 51.5 Å². The van der Waals surface area contributed by atoms with E-state index in [1.165, 1.54) is 5.57 Å². The van der Waals surface area contributed by atoms with Crippen molar-refractivity contribution in [1.29, 1.82) is 0 Å². The Morgan fingerprint density at radius 1 is 1.37 bits per heavy atom. The van der Waals surface area contributed by atoms with Gasteiger partial charge in [0.1, 0.15) is 5.01 Å². The van der Waals surface area contributed by atoms with Crippen LogP contribution in [0.3, 0.4) is 0 Å². The van der Waals surface area contributed by atoms with Gasteiger partial charge in [-0.2, -0.15) is 0 Å². The fourth-order valence-corrected chi connectivity index (χ4v) is 4.37. The fourth-order valence-electron chi connectivity index (χ4n) is 3.16. The van der Waals surface area contributed by atoms with E-state index >= 15 is 0 Å². The molecular weight excluding hydrogens is 422 g/mol. The first-order chi connectivity index (χ1) is 13.0. The second kappa shape index (κ2) is 9.62. The average Bonchev–Trinajstić information content (AvgIpc) is 3.09. The van der Waals surface area contributed by atoms with Gasteiger partial charge in [0.05, 0.1) is 12.1 Å². The van der Waals surface area contributed by atoms with Crippen LogP contribution in [0.5, 0.6) is 0 Å². The lowest BCUT2D eigenvalue weighted by Gasteiger charge is -2.31. The van der Waals surface area contributed by atoms with Gasteiger partial charge in [0.2, 0.25) is 5.91 Å². The maximum absolute atomic E-state index is 12.4. The molecule has 1 aromatic heterocycles. The number of thiazole rings is 1. The van der Waals surface area contributed by atoms with Gasteiger partial charge in [0.25, 0.3) is 0 Å². The Kier molecular flexibility index (Phi) is 7.21.